The number of rotatable bonds is 7. The van der Waals surface area contributed by atoms with Gasteiger partial charge in [0.2, 0.25) is 0 Å². The van der Waals surface area contributed by atoms with E-state index in [1.54, 1.807) is 24.3 Å². The smallest absolute Gasteiger partial charge is 0.410 e. The molecular weight excluding hydrogens is 328 g/mol. The molecule has 2 rings (SSSR count). The maximum Gasteiger partial charge on any atom is 0.412 e. The summed E-state index contributed by atoms with van der Waals surface area (Å²) < 4.78 is 11.2. The van der Waals surface area contributed by atoms with Gasteiger partial charge < -0.3 is 19.7 Å². The van der Waals surface area contributed by atoms with Crippen molar-refractivity contribution >= 4 is 17.7 Å². The molecule has 0 saturated heterocycles. The van der Waals surface area contributed by atoms with Crippen LogP contribution in [0, 0.1) is 0 Å². The molecule has 0 spiro atoms. The minimum absolute atomic E-state index is 0.159. The molecule has 0 unspecified atom stereocenters. The lowest BCUT2D eigenvalue weighted by molar-refractivity contribution is 0.0195. The Morgan fingerprint density at radius 3 is 2.50 bits per heavy atom. The fraction of sp³-hybridized carbons (Fsp3) is 0.611. The van der Waals surface area contributed by atoms with E-state index in [0.717, 1.165) is 45.3 Å². The van der Waals surface area contributed by atoms with Crippen LogP contribution in [0.1, 0.15) is 32.1 Å². The third-order valence-corrected chi connectivity index (χ3v) is 4.38. The first-order valence-electron chi connectivity index (χ1n) is 8.53. The van der Waals surface area contributed by atoms with Gasteiger partial charge in [-0.15, -0.1) is 0 Å². The molecule has 1 aromatic rings. The highest BCUT2D eigenvalue weighted by atomic mass is 35.5. The Balaban J connectivity index is 1.62. The van der Waals surface area contributed by atoms with Crippen molar-refractivity contribution in [3.8, 4) is 5.75 Å². The van der Waals surface area contributed by atoms with Gasteiger partial charge in [-0.3, -0.25) is 0 Å². The number of benzene rings is 1. The summed E-state index contributed by atoms with van der Waals surface area (Å²) in [6.45, 7) is 1.85. The van der Waals surface area contributed by atoms with E-state index >= 15 is 0 Å². The normalized spacial score (nSPS) is 20.8. The predicted molar refractivity (Wildman–Crippen MR) is 95.8 cm³/mol. The highest BCUT2D eigenvalue weighted by Gasteiger charge is 2.23. The second-order valence-electron chi connectivity index (χ2n) is 6.49. The Bertz CT molecular complexity index is 499. The number of nitrogens with zero attached hydrogens (tertiary/aromatic N) is 1. The van der Waals surface area contributed by atoms with E-state index in [0.29, 0.717) is 16.9 Å². The van der Waals surface area contributed by atoms with E-state index in [-0.39, 0.29) is 6.04 Å². The molecule has 1 aliphatic rings. The number of ether oxygens (including phenoxy) is 2. The first-order valence-corrected chi connectivity index (χ1v) is 8.91. The Morgan fingerprint density at radius 1 is 1.21 bits per heavy atom. The summed E-state index contributed by atoms with van der Waals surface area (Å²) in [6, 6.07) is 6.92. The summed E-state index contributed by atoms with van der Waals surface area (Å²) >= 11 is 5.81. The fourth-order valence-corrected chi connectivity index (χ4v) is 2.94. The number of hydrogen-bond acceptors (Lipinski definition) is 4. The molecule has 0 atom stereocenters. The van der Waals surface area contributed by atoms with Crippen LogP contribution in [0.5, 0.6) is 5.75 Å². The van der Waals surface area contributed by atoms with Crippen molar-refractivity contribution < 1.29 is 14.3 Å². The molecule has 1 fully saturated rings. The molecule has 0 radical (unpaired) electrons. The standard InChI is InChI=1S/C18H27ClN2O3/c1-21(2)12-3-13-23-16-10-6-15(7-11-16)20-18(22)24-17-8-4-14(19)5-9-17/h4-5,8-9,15-16H,3,6-7,10-13H2,1-2H3,(H,20,22)/t15-,16-. The summed E-state index contributed by atoms with van der Waals surface area (Å²) in [6.07, 6.45) is 4.77. The lowest BCUT2D eigenvalue weighted by atomic mass is 9.93. The monoisotopic (exact) mass is 354 g/mol. The molecule has 0 bridgehead atoms. The van der Waals surface area contributed by atoms with Crippen molar-refractivity contribution in [2.45, 2.75) is 44.2 Å². The third kappa shape index (κ3) is 7.07. The molecule has 134 valence electrons. The number of carbonyl (C=O) groups excluding carboxylic acids is 1. The second kappa shape index (κ2) is 9.87. The number of carbonyl (C=O) groups is 1. The van der Waals surface area contributed by atoms with Crippen LogP contribution in [0.3, 0.4) is 0 Å². The van der Waals surface area contributed by atoms with E-state index in [9.17, 15) is 4.79 Å². The Morgan fingerprint density at radius 2 is 1.88 bits per heavy atom. The topological polar surface area (TPSA) is 50.8 Å². The zero-order valence-electron chi connectivity index (χ0n) is 14.5. The predicted octanol–water partition coefficient (Wildman–Crippen LogP) is 3.71. The van der Waals surface area contributed by atoms with E-state index in [2.05, 4.69) is 24.3 Å². The molecular formula is C18H27ClN2O3. The van der Waals surface area contributed by atoms with Gasteiger partial charge in [-0.25, -0.2) is 4.79 Å². The van der Waals surface area contributed by atoms with Crippen LogP contribution < -0.4 is 10.1 Å². The lowest BCUT2D eigenvalue weighted by Crippen LogP contribution is -2.40. The molecule has 1 aliphatic carbocycles. The summed E-state index contributed by atoms with van der Waals surface area (Å²) in [5.41, 5.74) is 0. The molecule has 1 N–H and O–H groups in total. The van der Waals surface area contributed by atoms with Crippen LogP contribution >= 0.6 is 11.6 Å². The zero-order valence-corrected chi connectivity index (χ0v) is 15.2. The highest BCUT2D eigenvalue weighted by molar-refractivity contribution is 6.30. The Kier molecular flexibility index (Phi) is 7.82. The first kappa shape index (κ1) is 19.0. The van der Waals surface area contributed by atoms with E-state index in [1.165, 1.54) is 0 Å². The van der Waals surface area contributed by atoms with Crippen molar-refractivity contribution in [2.75, 3.05) is 27.2 Å². The maximum atomic E-state index is 11.9. The van der Waals surface area contributed by atoms with E-state index in [4.69, 9.17) is 21.1 Å². The van der Waals surface area contributed by atoms with Crippen molar-refractivity contribution in [1.82, 2.24) is 10.2 Å². The molecule has 0 aliphatic heterocycles. The van der Waals surface area contributed by atoms with Gasteiger partial charge in [-0.05, 0) is 77.0 Å². The van der Waals surface area contributed by atoms with Gasteiger partial charge >= 0.3 is 6.09 Å². The van der Waals surface area contributed by atoms with E-state index in [1.807, 2.05) is 0 Å². The van der Waals surface area contributed by atoms with Crippen LogP contribution in [0.25, 0.3) is 0 Å². The third-order valence-electron chi connectivity index (χ3n) is 4.12. The van der Waals surface area contributed by atoms with Crippen molar-refractivity contribution in [3.63, 3.8) is 0 Å². The summed E-state index contributed by atoms with van der Waals surface area (Å²) in [4.78, 5) is 14.1. The zero-order chi connectivity index (χ0) is 17.4. The maximum absolute atomic E-state index is 11.9. The van der Waals surface area contributed by atoms with Crippen LogP contribution in [0.15, 0.2) is 24.3 Å². The molecule has 0 aromatic heterocycles. The highest BCUT2D eigenvalue weighted by Crippen LogP contribution is 2.22. The Labute approximate surface area is 149 Å². The molecule has 1 saturated carbocycles. The van der Waals surface area contributed by atoms with E-state index < -0.39 is 6.09 Å². The molecule has 1 aromatic carbocycles. The minimum Gasteiger partial charge on any atom is -0.410 e. The van der Waals surface area contributed by atoms with Gasteiger partial charge in [-0.2, -0.15) is 0 Å². The fourth-order valence-electron chi connectivity index (χ4n) is 2.81. The lowest BCUT2D eigenvalue weighted by Gasteiger charge is -2.29. The van der Waals surface area contributed by atoms with Gasteiger partial charge in [0.25, 0.3) is 0 Å². The minimum atomic E-state index is -0.410. The first-order chi connectivity index (χ1) is 11.5. The van der Waals surface area contributed by atoms with Crippen molar-refractivity contribution in [3.05, 3.63) is 29.3 Å². The average molecular weight is 355 g/mol. The largest absolute Gasteiger partial charge is 0.412 e. The molecule has 0 heterocycles. The van der Waals surface area contributed by atoms with Crippen molar-refractivity contribution in [1.29, 1.82) is 0 Å². The van der Waals surface area contributed by atoms with Gasteiger partial charge in [-0.1, -0.05) is 11.6 Å². The quantitative estimate of drug-likeness (QED) is 0.758. The average Bonchev–Trinajstić information content (AvgIpc) is 2.55. The second-order valence-corrected chi connectivity index (χ2v) is 6.93. The molecule has 1 amide bonds. The molecule has 5 nitrogen and oxygen atoms in total. The summed E-state index contributed by atoms with van der Waals surface area (Å²) in [5, 5.41) is 3.55. The summed E-state index contributed by atoms with van der Waals surface area (Å²) in [7, 11) is 4.14. The summed E-state index contributed by atoms with van der Waals surface area (Å²) in [5.74, 6) is 0.495. The van der Waals surface area contributed by atoms with Crippen LogP contribution in [0.2, 0.25) is 5.02 Å². The number of amides is 1. The van der Waals surface area contributed by atoms with Gasteiger partial charge in [0.15, 0.2) is 0 Å². The number of halogens is 1. The van der Waals surface area contributed by atoms with Gasteiger partial charge in [0.1, 0.15) is 5.75 Å². The van der Waals surface area contributed by atoms with Crippen molar-refractivity contribution in [2.24, 2.45) is 0 Å². The van der Waals surface area contributed by atoms with Crippen LogP contribution in [-0.4, -0.2) is 50.4 Å². The van der Waals surface area contributed by atoms with Crippen LogP contribution in [-0.2, 0) is 4.74 Å². The number of nitrogens with one attached hydrogen (secondary N) is 1. The SMILES string of the molecule is CN(C)CCCO[C@H]1CC[C@H](NC(=O)Oc2ccc(Cl)cc2)CC1. The van der Waals surface area contributed by atoms with Gasteiger partial charge in [0.05, 0.1) is 6.10 Å². The number of hydrogen-bond donors (Lipinski definition) is 1. The molecule has 6 heteroatoms. The van der Waals surface area contributed by atoms with Gasteiger partial charge in [0, 0.05) is 17.7 Å². The van der Waals surface area contributed by atoms with Crippen LogP contribution in [0.4, 0.5) is 4.79 Å². The Hall–Kier alpha value is -1.30. The molecule has 24 heavy (non-hydrogen) atoms.